The highest BCUT2D eigenvalue weighted by Gasteiger charge is 2.56. The van der Waals surface area contributed by atoms with Crippen LogP contribution in [0.4, 0.5) is 0 Å². The van der Waals surface area contributed by atoms with Crippen LogP contribution in [0, 0.1) is 29.1 Å². The van der Waals surface area contributed by atoms with Crippen molar-refractivity contribution < 1.29 is 5.11 Å². The SMILES string of the molecule is CC1(C)C2CC3CC(C2)[C@H](O)C1C3. The first-order chi connectivity index (χ1) is 6.09. The molecule has 4 bridgehead atoms. The second-order valence-electron chi connectivity index (χ2n) is 6.18. The molecule has 0 aromatic heterocycles. The molecule has 1 N–H and O–H groups in total. The summed E-state index contributed by atoms with van der Waals surface area (Å²) in [7, 11) is 0. The Labute approximate surface area is 80.5 Å². The summed E-state index contributed by atoms with van der Waals surface area (Å²) >= 11 is 0. The minimum Gasteiger partial charge on any atom is -0.393 e. The molecule has 4 fully saturated rings. The maximum Gasteiger partial charge on any atom is 0.0602 e. The van der Waals surface area contributed by atoms with E-state index in [2.05, 4.69) is 13.8 Å². The number of rotatable bonds is 0. The van der Waals surface area contributed by atoms with Crippen LogP contribution in [-0.2, 0) is 0 Å². The van der Waals surface area contributed by atoms with Crippen LogP contribution in [0.3, 0.4) is 0 Å². The van der Waals surface area contributed by atoms with Crippen molar-refractivity contribution in [2.24, 2.45) is 29.1 Å². The van der Waals surface area contributed by atoms with Crippen molar-refractivity contribution in [3.63, 3.8) is 0 Å². The van der Waals surface area contributed by atoms with Crippen LogP contribution in [0.15, 0.2) is 0 Å². The highest BCUT2D eigenvalue weighted by Crippen LogP contribution is 2.61. The summed E-state index contributed by atoms with van der Waals surface area (Å²) < 4.78 is 0. The Balaban J connectivity index is 1.99. The van der Waals surface area contributed by atoms with Gasteiger partial charge < -0.3 is 5.11 Å². The van der Waals surface area contributed by atoms with Gasteiger partial charge in [-0.15, -0.1) is 0 Å². The van der Waals surface area contributed by atoms with Crippen LogP contribution in [0.1, 0.15) is 39.5 Å². The van der Waals surface area contributed by atoms with Gasteiger partial charge in [-0.2, -0.15) is 0 Å². The first-order valence-electron chi connectivity index (χ1n) is 5.77. The lowest BCUT2D eigenvalue weighted by atomic mass is 9.45. The fraction of sp³-hybridized carbons (Fsp3) is 1.00. The molecule has 0 amide bonds. The monoisotopic (exact) mass is 180 g/mol. The highest BCUT2D eigenvalue weighted by atomic mass is 16.3. The zero-order chi connectivity index (χ0) is 9.22. The number of aliphatic hydroxyl groups excluding tert-OH is 1. The molecule has 0 spiro atoms. The van der Waals surface area contributed by atoms with Crippen LogP contribution in [0.25, 0.3) is 0 Å². The molecule has 4 aliphatic carbocycles. The number of hydrogen-bond donors (Lipinski definition) is 1. The van der Waals surface area contributed by atoms with E-state index in [0.717, 1.165) is 11.8 Å². The average Bonchev–Trinajstić information content (AvgIpc) is 2.08. The Hall–Kier alpha value is -0.0400. The van der Waals surface area contributed by atoms with E-state index in [4.69, 9.17) is 0 Å². The van der Waals surface area contributed by atoms with E-state index in [1.54, 1.807) is 0 Å². The quantitative estimate of drug-likeness (QED) is 0.607. The first-order valence-corrected chi connectivity index (χ1v) is 5.77. The molecular weight excluding hydrogens is 160 g/mol. The van der Waals surface area contributed by atoms with Gasteiger partial charge in [-0.25, -0.2) is 0 Å². The number of aliphatic hydroxyl groups is 1. The zero-order valence-electron chi connectivity index (χ0n) is 8.66. The largest absolute Gasteiger partial charge is 0.393 e. The average molecular weight is 180 g/mol. The van der Waals surface area contributed by atoms with Crippen molar-refractivity contribution in [1.29, 1.82) is 0 Å². The van der Waals surface area contributed by atoms with Gasteiger partial charge in [-0.05, 0) is 54.8 Å². The molecule has 4 rings (SSSR count). The van der Waals surface area contributed by atoms with Gasteiger partial charge in [0.15, 0.2) is 0 Å². The van der Waals surface area contributed by atoms with Crippen LogP contribution in [0.2, 0.25) is 0 Å². The maximum absolute atomic E-state index is 10.2. The molecule has 13 heavy (non-hydrogen) atoms. The topological polar surface area (TPSA) is 20.2 Å². The van der Waals surface area contributed by atoms with Crippen molar-refractivity contribution in [2.45, 2.75) is 45.6 Å². The lowest BCUT2D eigenvalue weighted by Crippen LogP contribution is -2.57. The molecule has 1 nitrogen and oxygen atoms in total. The van der Waals surface area contributed by atoms with E-state index in [1.165, 1.54) is 25.7 Å². The molecule has 0 heterocycles. The van der Waals surface area contributed by atoms with Crippen LogP contribution >= 0.6 is 0 Å². The van der Waals surface area contributed by atoms with E-state index in [-0.39, 0.29) is 6.10 Å². The minimum absolute atomic E-state index is 0.0304. The Morgan fingerprint density at radius 2 is 1.85 bits per heavy atom. The standard InChI is InChI=1S/C12H20O/c1-12(2)9-4-7-3-8(6-9)11(13)10(12)5-7/h7-11,13H,3-6H2,1-2H3/t7?,8?,9?,10?,11-/m0/s1. The maximum atomic E-state index is 10.2. The molecule has 4 saturated carbocycles. The van der Waals surface area contributed by atoms with E-state index in [9.17, 15) is 5.11 Å². The molecule has 0 aromatic carbocycles. The normalized spacial score (nSPS) is 57.0. The van der Waals surface area contributed by atoms with Crippen LogP contribution in [0.5, 0.6) is 0 Å². The Bertz CT molecular complexity index is 233. The van der Waals surface area contributed by atoms with Gasteiger partial charge >= 0.3 is 0 Å². The third kappa shape index (κ3) is 0.918. The zero-order valence-corrected chi connectivity index (χ0v) is 8.66. The van der Waals surface area contributed by atoms with Gasteiger partial charge in [0, 0.05) is 0 Å². The molecule has 5 atom stereocenters. The number of hydrogen-bond acceptors (Lipinski definition) is 1. The summed E-state index contributed by atoms with van der Waals surface area (Å²) in [6, 6.07) is 0. The third-order valence-corrected chi connectivity index (χ3v) is 5.33. The summed E-state index contributed by atoms with van der Waals surface area (Å²) in [5.41, 5.74) is 0.423. The van der Waals surface area contributed by atoms with E-state index < -0.39 is 0 Å². The van der Waals surface area contributed by atoms with Gasteiger partial charge in [-0.3, -0.25) is 0 Å². The summed E-state index contributed by atoms with van der Waals surface area (Å²) in [5.74, 6) is 3.16. The predicted molar refractivity (Wildman–Crippen MR) is 52.2 cm³/mol. The van der Waals surface area contributed by atoms with Gasteiger partial charge in [0.2, 0.25) is 0 Å². The van der Waals surface area contributed by atoms with Crippen molar-refractivity contribution in [3.05, 3.63) is 0 Å². The summed E-state index contributed by atoms with van der Waals surface area (Å²) in [6.45, 7) is 4.76. The molecule has 74 valence electrons. The smallest absolute Gasteiger partial charge is 0.0602 e. The van der Waals surface area contributed by atoms with Crippen LogP contribution in [-0.4, -0.2) is 11.2 Å². The fourth-order valence-corrected chi connectivity index (χ4v) is 4.44. The lowest BCUT2D eigenvalue weighted by molar-refractivity contribution is -0.165. The van der Waals surface area contributed by atoms with E-state index in [0.29, 0.717) is 17.3 Å². The molecule has 4 aliphatic rings. The van der Waals surface area contributed by atoms with E-state index >= 15 is 0 Å². The minimum atomic E-state index is 0.0304. The fourth-order valence-electron chi connectivity index (χ4n) is 4.44. The first kappa shape index (κ1) is 8.28. The van der Waals surface area contributed by atoms with Crippen molar-refractivity contribution in [2.75, 3.05) is 0 Å². The second-order valence-corrected chi connectivity index (χ2v) is 6.18. The van der Waals surface area contributed by atoms with Gasteiger partial charge in [0.25, 0.3) is 0 Å². The van der Waals surface area contributed by atoms with Crippen molar-refractivity contribution in [3.8, 4) is 0 Å². The predicted octanol–water partition coefficient (Wildman–Crippen LogP) is 2.44. The molecular formula is C12H20O. The van der Waals surface area contributed by atoms with Gasteiger partial charge in [0.1, 0.15) is 0 Å². The molecule has 0 aromatic rings. The van der Waals surface area contributed by atoms with Gasteiger partial charge in [-0.1, -0.05) is 13.8 Å². The second kappa shape index (κ2) is 2.31. The lowest BCUT2D eigenvalue weighted by Gasteiger charge is -2.61. The molecule has 4 unspecified atom stereocenters. The molecule has 1 heteroatoms. The third-order valence-electron chi connectivity index (χ3n) is 5.33. The summed E-state index contributed by atoms with van der Waals surface area (Å²) in [4.78, 5) is 0. The van der Waals surface area contributed by atoms with Crippen molar-refractivity contribution >= 4 is 0 Å². The summed E-state index contributed by atoms with van der Waals surface area (Å²) in [5, 5.41) is 10.2. The molecule has 0 aliphatic heterocycles. The van der Waals surface area contributed by atoms with Crippen LogP contribution < -0.4 is 0 Å². The Morgan fingerprint density at radius 1 is 1.08 bits per heavy atom. The Kier molecular flexibility index (Phi) is 1.47. The summed E-state index contributed by atoms with van der Waals surface area (Å²) in [6.07, 6.45) is 5.42. The Morgan fingerprint density at radius 3 is 2.62 bits per heavy atom. The van der Waals surface area contributed by atoms with Gasteiger partial charge in [0.05, 0.1) is 6.10 Å². The highest BCUT2D eigenvalue weighted by molar-refractivity contribution is 5.06. The molecule has 0 saturated heterocycles. The van der Waals surface area contributed by atoms with E-state index in [1.807, 2.05) is 0 Å². The molecule has 0 radical (unpaired) electrons. The van der Waals surface area contributed by atoms with Crippen molar-refractivity contribution in [1.82, 2.24) is 0 Å².